The van der Waals surface area contributed by atoms with Crippen molar-refractivity contribution in [1.82, 2.24) is 5.32 Å². The van der Waals surface area contributed by atoms with E-state index in [4.69, 9.17) is 11.5 Å². The molecule has 1 unspecified atom stereocenters. The van der Waals surface area contributed by atoms with E-state index in [1.165, 1.54) is 17.0 Å². The molecule has 0 aliphatic rings. The number of urea groups is 1. The molecule has 0 fully saturated rings. The van der Waals surface area contributed by atoms with Crippen LogP contribution < -0.4 is 10.2 Å². The van der Waals surface area contributed by atoms with E-state index < -0.39 is 18.0 Å². The molecule has 0 bridgehead atoms. The van der Waals surface area contributed by atoms with Crippen molar-refractivity contribution in [3.05, 3.63) is 23.8 Å². The van der Waals surface area contributed by atoms with Gasteiger partial charge >= 0.3 is 12.0 Å². The number of aromatic hydroxyl groups is 1. The monoisotopic (exact) mass is 290 g/mol. The number of aliphatic carboxylic acids is 1. The number of hydrogen-bond donors (Lipinski definition) is 3. The Balaban J connectivity index is 2.99. The van der Waals surface area contributed by atoms with Crippen LogP contribution in [-0.4, -0.2) is 34.8 Å². The fraction of sp³-hybridized carbons (Fsp3) is 0.333. The van der Waals surface area contributed by atoms with Gasteiger partial charge in [-0.1, -0.05) is 6.07 Å². The molecule has 2 amide bonds. The molecule has 21 heavy (non-hydrogen) atoms. The summed E-state index contributed by atoms with van der Waals surface area (Å²) in [6, 6.07) is 2.93. The van der Waals surface area contributed by atoms with Gasteiger partial charge in [0.1, 0.15) is 11.8 Å². The van der Waals surface area contributed by atoms with E-state index in [1.807, 2.05) is 0 Å². The van der Waals surface area contributed by atoms with Gasteiger partial charge in [-0.3, -0.25) is 4.90 Å². The number of carbonyl (C=O) groups is 2. The SMILES string of the molecule is C#CCC(NC(=O)N(CC)c1cc(O)ccc1C)C(=O)O. The molecule has 0 saturated carbocycles. The van der Waals surface area contributed by atoms with Crippen molar-refractivity contribution in [2.75, 3.05) is 11.4 Å². The molecule has 0 heterocycles. The first-order valence-corrected chi connectivity index (χ1v) is 6.44. The Kier molecular flexibility index (Phi) is 5.61. The highest BCUT2D eigenvalue weighted by atomic mass is 16.4. The summed E-state index contributed by atoms with van der Waals surface area (Å²) in [5, 5.41) is 20.9. The van der Waals surface area contributed by atoms with Crippen molar-refractivity contribution in [3.8, 4) is 18.1 Å². The molecule has 0 saturated heterocycles. The standard InChI is InChI=1S/C15H18N2O4/c1-4-6-12(14(19)20)16-15(21)17(5-2)13-9-11(18)8-7-10(13)3/h1,7-9,12,18H,5-6H2,2-3H3,(H,16,21)(H,19,20). The van der Waals surface area contributed by atoms with Crippen LogP contribution in [0, 0.1) is 19.3 Å². The number of nitrogens with one attached hydrogen (secondary N) is 1. The molecule has 6 heteroatoms. The Morgan fingerprint density at radius 2 is 2.14 bits per heavy atom. The minimum Gasteiger partial charge on any atom is -0.508 e. The van der Waals surface area contributed by atoms with E-state index >= 15 is 0 Å². The van der Waals surface area contributed by atoms with Gasteiger partial charge in [0.15, 0.2) is 0 Å². The number of carboxylic acid groups (broad SMARTS) is 1. The lowest BCUT2D eigenvalue weighted by Gasteiger charge is -2.25. The zero-order chi connectivity index (χ0) is 16.0. The second kappa shape index (κ2) is 7.20. The van der Waals surface area contributed by atoms with Crippen LogP contribution in [0.5, 0.6) is 5.75 Å². The summed E-state index contributed by atoms with van der Waals surface area (Å²) in [6.07, 6.45) is 5.00. The Morgan fingerprint density at radius 3 is 2.67 bits per heavy atom. The number of carboxylic acids is 1. The van der Waals surface area contributed by atoms with E-state index in [0.29, 0.717) is 12.2 Å². The third-order valence-corrected chi connectivity index (χ3v) is 2.96. The summed E-state index contributed by atoms with van der Waals surface area (Å²) < 4.78 is 0. The maximum absolute atomic E-state index is 12.2. The molecular formula is C15H18N2O4. The lowest BCUT2D eigenvalue weighted by molar-refractivity contribution is -0.139. The average Bonchev–Trinajstić information content (AvgIpc) is 2.42. The minimum atomic E-state index is -1.19. The largest absolute Gasteiger partial charge is 0.508 e. The maximum Gasteiger partial charge on any atom is 0.327 e. The lowest BCUT2D eigenvalue weighted by atomic mass is 10.1. The maximum atomic E-state index is 12.2. The van der Waals surface area contributed by atoms with Crippen molar-refractivity contribution in [1.29, 1.82) is 0 Å². The molecule has 0 spiro atoms. The van der Waals surface area contributed by atoms with Crippen LogP contribution in [0.1, 0.15) is 18.9 Å². The smallest absolute Gasteiger partial charge is 0.327 e. The number of rotatable bonds is 5. The number of anilines is 1. The second-order valence-corrected chi connectivity index (χ2v) is 4.46. The highest BCUT2D eigenvalue weighted by Gasteiger charge is 2.23. The van der Waals surface area contributed by atoms with Crippen LogP contribution in [0.4, 0.5) is 10.5 Å². The van der Waals surface area contributed by atoms with Crippen molar-refractivity contribution in [3.63, 3.8) is 0 Å². The summed E-state index contributed by atoms with van der Waals surface area (Å²) in [4.78, 5) is 24.6. The van der Waals surface area contributed by atoms with Gasteiger partial charge in [-0.15, -0.1) is 12.3 Å². The molecule has 112 valence electrons. The van der Waals surface area contributed by atoms with E-state index in [9.17, 15) is 14.7 Å². The van der Waals surface area contributed by atoms with E-state index in [-0.39, 0.29) is 12.2 Å². The Bertz CT molecular complexity index is 578. The van der Waals surface area contributed by atoms with Gasteiger partial charge in [0.2, 0.25) is 0 Å². The number of terminal acetylenes is 1. The van der Waals surface area contributed by atoms with Crippen LogP contribution in [0.3, 0.4) is 0 Å². The molecule has 0 radical (unpaired) electrons. The molecule has 6 nitrogen and oxygen atoms in total. The molecule has 0 aliphatic heterocycles. The lowest BCUT2D eigenvalue weighted by Crippen LogP contribution is -2.48. The first-order chi connectivity index (χ1) is 9.90. The predicted molar refractivity (Wildman–Crippen MR) is 79.3 cm³/mol. The minimum absolute atomic E-state index is 0.0280. The van der Waals surface area contributed by atoms with Gasteiger partial charge in [0.25, 0.3) is 0 Å². The van der Waals surface area contributed by atoms with Gasteiger partial charge in [0, 0.05) is 19.0 Å². The van der Waals surface area contributed by atoms with E-state index in [1.54, 1.807) is 19.9 Å². The topological polar surface area (TPSA) is 89.9 Å². The van der Waals surface area contributed by atoms with Gasteiger partial charge < -0.3 is 15.5 Å². The fourth-order valence-corrected chi connectivity index (χ4v) is 1.86. The molecule has 1 aromatic carbocycles. The number of phenolic OH excluding ortho intramolecular Hbond substituents is 1. The molecular weight excluding hydrogens is 272 g/mol. The van der Waals surface area contributed by atoms with Gasteiger partial charge in [-0.2, -0.15) is 0 Å². The van der Waals surface area contributed by atoms with E-state index in [2.05, 4.69) is 11.2 Å². The number of aryl methyl sites for hydroxylation is 1. The zero-order valence-electron chi connectivity index (χ0n) is 12.0. The Morgan fingerprint density at radius 1 is 1.48 bits per heavy atom. The summed E-state index contributed by atoms with van der Waals surface area (Å²) in [6.45, 7) is 3.86. The first-order valence-electron chi connectivity index (χ1n) is 6.44. The third kappa shape index (κ3) is 4.14. The summed E-state index contributed by atoms with van der Waals surface area (Å²) >= 11 is 0. The van der Waals surface area contributed by atoms with Gasteiger partial charge in [-0.25, -0.2) is 9.59 Å². The molecule has 3 N–H and O–H groups in total. The van der Waals surface area contributed by atoms with Crippen LogP contribution in [0.2, 0.25) is 0 Å². The Hall–Kier alpha value is -2.68. The van der Waals surface area contributed by atoms with Crippen LogP contribution in [-0.2, 0) is 4.79 Å². The summed E-state index contributed by atoms with van der Waals surface area (Å²) in [5.74, 6) is 1.06. The van der Waals surface area contributed by atoms with Gasteiger partial charge in [-0.05, 0) is 25.5 Å². The highest BCUT2D eigenvalue weighted by Crippen LogP contribution is 2.25. The second-order valence-electron chi connectivity index (χ2n) is 4.46. The number of nitrogens with zero attached hydrogens (tertiary/aromatic N) is 1. The van der Waals surface area contributed by atoms with E-state index in [0.717, 1.165) is 5.56 Å². The van der Waals surface area contributed by atoms with Crippen molar-refractivity contribution >= 4 is 17.7 Å². The molecule has 0 aliphatic carbocycles. The van der Waals surface area contributed by atoms with Crippen LogP contribution >= 0.6 is 0 Å². The number of phenols is 1. The highest BCUT2D eigenvalue weighted by molar-refractivity contribution is 5.95. The average molecular weight is 290 g/mol. The van der Waals surface area contributed by atoms with Crippen molar-refractivity contribution < 1.29 is 19.8 Å². The quantitative estimate of drug-likeness (QED) is 0.720. The predicted octanol–water partition coefficient (Wildman–Crippen LogP) is 1.71. The Labute approximate surface area is 123 Å². The molecule has 1 rings (SSSR count). The van der Waals surface area contributed by atoms with Crippen molar-refractivity contribution in [2.24, 2.45) is 0 Å². The van der Waals surface area contributed by atoms with Crippen molar-refractivity contribution in [2.45, 2.75) is 26.3 Å². The molecule has 1 atom stereocenters. The summed E-state index contributed by atoms with van der Waals surface area (Å²) in [7, 11) is 0. The normalized spacial score (nSPS) is 11.3. The van der Waals surface area contributed by atoms with Crippen LogP contribution in [0.15, 0.2) is 18.2 Å². The molecule has 1 aromatic rings. The number of benzene rings is 1. The molecule has 0 aromatic heterocycles. The number of amides is 2. The third-order valence-electron chi connectivity index (χ3n) is 2.96. The fourth-order valence-electron chi connectivity index (χ4n) is 1.86. The van der Waals surface area contributed by atoms with Gasteiger partial charge in [0.05, 0.1) is 5.69 Å². The number of carbonyl (C=O) groups excluding carboxylic acids is 1. The summed E-state index contributed by atoms with van der Waals surface area (Å²) in [5.41, 5.74) is 1.30. The first kappa shape index (κ1) is 16.4. The number of hydrogen-bond acceptors (Lipinski definition) is 3. The zero-order valence-corrected chi connectivity index (χ0v) is 12.0. The van der Waals surface area contributed by atoms with Crippen LogP contribution in [0.25, 0.3) is 0 Å².